The summed E-state index contributed by atoms with van der Waals surface area (Å²) in [6.07, 6.45) is 0. The molecule has 4 aromatic carbocycles. The summed E-state index contributed by atoms with van der Waals surface area (Å²) in [7, 11) is 0. The number of aliphatic hydroxyl groups excluding tert-OH is 1. The molecular weight excluding hydrogens is 482 g/mol. The van der Waals surface area contributed by atoms with E-state index < -0.39 is 17.7 Å². The average molecular weight is 506 g/mol. The lowest BCUT2D eigenvalue weighted by Crippen LogP contribution is -2.30. The van der Waals surface area contributed by atoms with Crippen molar-refractivity contribution in [2.45, 2.75) is 13.0 Å². The van der Waals surface area contributed by atoms with Crippen molar-refractivity contribution >= 4 is 45.2 Å². The second-order valence-electron chi connectivity index (χ2n) is 8.93. The number of aromatic amines is 1. The summed E-state index contributed by atoms with van der Waals surface area (Å²) in [6.45, 7) is 2.09. The zero-order valence-electron chi connectivity index (χ0n) is 20.4. The highest BCUT2D eigenvalue weighted by Gasteiger charge is 2.48. The second-order valence-corrected chi connectivity index (χ2v) is 8.93. The molecule has 1 aromatic heterocycles. The molecule has 8 heteroatoms. The quantitative estimate of drug-likeness (QED) is 0.166. The predicted octanol–water partition coefficient (Wildman–Crippen LogP) is 5.45. The zero-order chi connectivity index (χ0) is 26.4. The Morgan fingerprint density at radius 1 is 1.00 bits per heavy atom. The molecule has 38 heavy (non-hydrogen) atoms. The number of carbonyl (C=O) groups excluding carboxylic acids is 2. The van der Waals surface area contributed by atoms with E-state index >= 15 is 0 Å². The lowest BCUT2D eigenvalue weighted by Gasteiger charge is -2.24. The molecule has 1 amide bonds. The van der Waals surface area contributed by atoms with Crippen LogP contribution in [0.1, 0.15) is 24.1 Å². The first-order valence-electron chi connectivity index (χ1n) is 12.2. The van der Waals surface area contributed by atoms with Crippen LogP contribution in [0.2, 0.25) is 0 Å². The number of nitrogens with one attached hydrogen (secondary N) is 1. The van der Waals surface area contributed by atoms with Gasteiger partial charge in [-0.1, -0.05) is 60.7 Å². The number of aliphatic hydroxyl groups is 1. The number of hydrogen-bond donors (Lipinski definition) is 3. The van der Waals surface area contributed by atoms with Gasteiger partial charge in [-0.15, -0.1) is 0 Å². The minimum absolute atomic E-state index is 0.0784. The van der Waals surface area contributed by atoms with Crippen LogP contribution in [0.5, 0.6) is 11.5 Å². The maximum absolute atomic E-state index is 13.6. The Hall–Kier alpha value is -5.11. The van der Waals surface area contributed by atoms with Crippen LogP contribution in [-0.4, -0.2) is 38.5 Å². The summed E-state index contributed by atoms with van der Waals surface area (Å²) in [5.74, 6) is -1.68. The third-order valence-corrected chi connectivity index (χ3v) is 6.69. The maximum atomic E-state index is 13.6. The number of fused-ring (bicyclic) bond motifs is 2. The molecule has 2 heterocycles. The number of hydrogen-bond acceptors (Lipinski definition) is 6. The molecule has 3 N–H and O–H groups in total. The molecule has 1 unspecified atom stereocenters. The molecule has 0 radical (unpaired) electrons. The molecule has 1 aliphatic rings. The fraction of sp³-hybridized carbons (Fsp3) is 0.100. The number of rotatable bonds is 5. The highest BCUT2D eigenvalue weighted by molar-refractivity contribution is 6.51. The number of Topliss-reactive ketones (excluding diaryl/α,β-unsaturated/α-hetero) is 1. The van der Waals surface area contributed by atoms with Crippen molar-refractivity contribution in [3.05, 3.63) is 102 Å². The number of para-hydroxylation sites is 2. The Kier molecular flexibility index (Phi) is 5.57. The highest BCUT2D eigenvalue weighted by Crippen LogP contribution is 2.44. The second kappa shape index (κ2) is 9.08. The van der Waals surface area contributed by atoms with Crippen LogP contribution in [0.15, 0.2) is 90.5 Å². The number of aromatic nitrogens is 2. The van der Waals surface area contributed by atoms with Gasteiger partial charge in [0.25, 0.3) is 5.78 Å². The van der Waals surface area contributed by atoms with E-state index in [-0.39, 0.29) is 28.8 Å². The van der Waals surface area contributed by atoms with Crippen LogP contribution in [0.25, 0.3) is 27.6 Å². The summed E-state index contributed by atoms with van der Waals surface area (Å²) in [5, 5.41) is 23.6. The van der Waals surface area contributed by atoms with Crippen molar-refractivity contribution in [2.24, 2.45) is 0 Å². The molecule has 0 aliphatic carbocycles. The highest BCUT2D eigenvalue weighted by atomic mass is 16.5. The van der Waals surface area contributed by atoms with Gasteiger partial charge in [-0.05, 0) is 47.5 Å². The molecule has 1 fully saturated rings. The average Bonchev–Trinajstić information content (AvgIpc) is 3.47. The fourth-order valence-corrected chi connectivity index (χ4v) is 4.97. The number of benzene rings is 4. The van der Waals surface area contributed by atoms with E-state index in [1.807, 2.05) is 48.5 Å². The van der Waals surface area contributed by atoms with Gasteiger partial charge in [0.15, 0.2) is 11.5 Å². The van der Waals surface area contributed by atoms with Crippen LogP contribution in [-0.2, 0) is 9.59 Å². The number of carbonyl (C=O) groups is 2. The van der Waals surface area contributed by atoms with E-state index in [0.717, 1.165) is 10.8 Å². The molecule has 1 aliphatic heterocycles. The molecule has 1 saturated heterocycles. The van der Waals surface area contributed by atoms with Gasteiger partial charge in [0, 0.05) is 5.56 Å². The molecule has 0 spiro atoms. The number of anilines is 1. The maximum Gasteiger partial charge on any atom is 0.302 e. The number of ether oxygens (including phenoxy) is 1. The normalized spacial score (nSPS) is 17.0. The number of ketones is 1. The lowest BCUT2D eigenvalue weighted by molar-refractivity contribution is -0.132. The van der Waals surface area contributed by atoms with Crippen molar-refractivity contribution in [3.63, 3.8) is 0 Å². The Balaban J connectivity index is 1.61. The van der Waals surface area contributed by atoms with Crippen molar-refractivity contribution in [1.29, 1.82) is 0 Å². The van der Waals surface area contributed by atoms with E-state index in [0.29, 0.717) is 28.8 Å². The van der Waals surface area contributed by atoms with Crippen LogP contribution in [0.3, 0.4) is 0 Å². The number of H-pyrrole nitrogens is 1. The largest absolute Gasteiger partial charge is 0.507 e. The van der Waals surface area contributed by atoms with Gasteiger partial charge in [0.2, 0.25) is 5.95 Å². The molecule has 188 valence electrons. The van der Waals surface area contributed by atoms with Gasteiger partial charge in [-0.3, -0.25) is 14.5 Å². The van der Waals surface area contributed by atoms with Crippen LogP contribution in [0.4, 0.5) is 5.95 Å². The van der Waals surface area contributed by atoms with Crippen molar-refractivity contribution in [2.75, 3.05) is 11.5 Å². The SMILES string of the molecule is CCOc1cc(C2/C(=C(\O)c3cccc4ccccc34)C(=O)C(=O)N2c2nc3ccccc3[nH]2)ccc1O. The Labute approximate surface area is 217 Å². The molecule has 6 rings (SSSR count). The first-order chi connectivity index (χ1) is 18.5. The molecule has 5 aromatic rings. The minimum Gasteiger partial charge on any atom is -0.507 e. The Bertz CT molecular complexity index is 1730. The third kappa shape index (κ3) is 3.66. The van der Waals surface area contributed by atoms with Gasteiger partial charge in [-0.2, -0.15) is 0 Å². The molecule has 1 atom stereocenters. The first kappa shape index (κ1) is 23.3. The minimum atomic E-state index is -1.03. The van der Waals surface area contributed by atoms with E-state index in [1.54, 1.807) is 37.3 Å². The number of imidazole rings is 1. The third-order valence-electron chi connectivity index (χ3n) is 6.69. The molecule has 0 bridgehead atoms. The van der Waals surface area contributed by atoms with Crippen molar-refractivity contribution < 1.29 is 24.5 Å². The van der Waals surface area contributed by atoms with E-state index in [2.05, 4.69) is 9.97 Å². The number of phenols is 1. The van der Waals surface area contributed by atoms with Gasteiger partial charge < -0.3 is 19.9 Å². The number of aromatic hydroxyl groups is 1. The van der Waals surface area contributed by atoms with Gasteiger partial charge in [0.1, 0.15) is 5.76 Å². The standard InChI is InChI=1S/C30H23N3O5/c1-2-38-24-16-18(14-15-23(24)34)26-25(27(35)20-11-7-9-17-8-3-4-10-19(17)20)28(36)29(37)33(26)30-31-21-12-5-6-13-22(21)32-30/h3-16,26,34-35H,2H2,1H3,(H,31,32)/b27-25+. The first-order valence-corrected chi connectivity index (χ1v) is 12.2. The van der Waals surface area contributed by atoms with Crippen LogP contribution >= 0.6 is 0 Å². The molecule has 8 nitrogen and oxygen atoms in total. The topological polar surface area (TPSA) is 116 Å². The monoisotopic (exact) mass is 505 g/mol. The Morgan fingerprint density at radius 2 is 1.76 bits per heavy atom. The predicted molar refractivity (Wildman–Crippen MR) is 144 cm³/mol. The summed E-state index contributed by atoms with van der Waals surface area (Å²) in [5.41, 5.74) is 2.13. The van der Waals surface area contributed by atoms with E-state index in [9.17, 15) is 19.8 Å². The van der Waals surface area contributed by atoms with E-state index in [4.69, 9.17) is 4.74 Å². The number of nitrogens with zero attached hydrogens (tertiary/aromatic N) is 2. The molecule has 0 saturated carbocycles. The fourth-order valence-electron chi connectivity index (χ4n) is 4.97. The van der Waals surface area contributed by atoms with Gasteiger partial charge in [-0.25, -0.2) is 4.98 Å². The van der Waals surface area contributed by atoms with E-state index in [1.165, 1.54) is 11.0 Å². The smallest absolute Gasteiger partial charge is 0.302 e. The number of phenolic OH excluding ortho intramolecular Hbond substituents is 1. The summed E-state index contributed by atoms with van der Waals surface area (Å²) >= 11 is 0. The lowest BCUT2D eigenvalue weighted by atomic mass is 9.93. The summed E-state index contributed by atoms with van der Waals surface area (Å²) < 4.78 is 5.58. The summed E-state index contributed by atoms with van der Waals surface area (Å²) in [4.78, 5) is 36.1. The van der Waals surface area contributed by atoms with Crippen LogP contribution in [0, 0.1) is 0 Å². The summed E-state index contributed by atoms with van der Waals surface area (Å²) in [6, 6.07) is 23.8. The molecular formula is C30H23N3O5. The number of amides is 1. The van der Waals surface area contributed by atoms with Crippen molar-refractivity contribution in [1.82, 2.24) is 9.97 Å². The van der Waals surface area contributed by atoms with Gasteiger partial charge in [0.05, 0.1) is 29.3 Å². The van der Waals surface area contributed by atoms with Crippen LogP contribution < -0.4 is 9.64 Å². The zero-order valence-corrected chi connectivity index (χ0v) is 20.4. The van der Waals surface area contributed by atoms with Crippen molar-refractivity contribution in [3.8, 4) is 11.5 Å². The van der Waals surface area contributed by atoms with Gasteiger partial charge >= 0.3 is 5.91 Å². The Morgan fingerprint density at radius 3 is 2.58 bits per heavy atom.